The third-order valence-corrected chi connectivity index (χ3v) is 14.9. The minimum Gasteiger partial charge on any atom is -0.469 e. The maximum Gasteiger partial charge on any atom is 0.327 e. The molecular formula is C66H97F6N3O12. The summed E-state index contributed by atoms with van der Waals surface area (Å²) in [5.74, 6) is 2.45. The lowest BCUT2D eigenvalue weighted by molar-refractivity contribution is -0.148. The number of alkyl halides is 6. The maximum absolute atomic E-state index is 13.9. The predicted octanol–water partition coefficient (Wildman–Crippen LogP) is 11.3. The Labute approximate surface area is 513 Å². The zero-order valence-electron chi connectivity index (χ0n) is 52.8. The largest absolute Gasteiger partial charge is 0.469 e. The Bertz CT molecular complexity index is 2330. The van der Waals surface area contributed by atoms with Crippen LogP contribution in [0.4, 0.5) is 26.3 Å². The Morgan fingerprint density at radius 2 is 0.770 bits per heavy atom. The molecule has 3 aliphatic rings. The molecule has 0 aromatic carbocycles. The van der Waals surface area contributed by atoms with E-state index in [2.05, 4.69) is 49.7 Å². The van der Waals surface area contributed by atoms with E-state index in [0.717, 1.165) is 56.3 Å². The number of likely N-dealkylation sites (tertiary alicyclic amines) is 3. The molecule has 0 radical (unpaired) electrons. The van der Waals surface area contributed by atoms with Crippen molar-refractivity contribution < 1.29 is 84.3 Å². The number of methoxy groups -OCH3 is 3. The average Bonchev–Trinajstić information content (AvgIpc) is 1.82. The molecule has 3 fully saturated rings. The number of carbonyl (C=O) groups is 7. The van der Waals surface area contributed by atoms with Crippen LogP contribution in [0, 0.1) is 53.3 Å². The lowest BCUT2D eigenvalue weighted by atomic mass is 9.99. The molecule has 21 heteroatoms. The number of aliphatic hydroxyl groups is 2. The maximum atomic E-state index is 13.9. The molecule has 87 heavy (non-hydrogen) atoms. The Kier molecular flexibility index (Phi) is 38.7. The highest BCUT2D eigenvalue weighted by molar-refractivity contribution is 5.92. The van der Waals surface area contributed by atoms with Gasteiger partial charge in [0.2, 0.25) is 0 Å². The van der Waals surface area contributed by atoms with E-state index in [4.69, 9.17) is 0 Å². The Morgan fingerprint density at radius 1 is 0.483 bits per heavy atom. The zero-order valence-corrected chi connectivity index (χ0v) is 52.8. The second-order valence-electron chi connectivity index (χ2n) is 22.2. The van der Waals surface area contributed by atoms with E-state index in [0.29, 0.717) is 83.5 Å². The molecule has 3 rings (SSSR count). The molecule has 490 valence electrons. The fraction of sp³-hybridized carbons (Fsp3) is 0.712. The number of allylic oxidation sites excluding steroid dienone is 1. The molecule has 3 aliphatic heterocycles. The minimum absolute atomic E-state index is 0.119. The first kappa shape index (κ1) is 78.9. The lowest BCUT2D eigenvalue weighted by Gasteiger charge is -2.22. The summed E-state index contributed by atoms with van der Waals surface area (Å²) in [4.78, 5) is 85.0. The molecule has 3 saturated heterocycles. The van der Waals surface area contributed by atoms with Crippen LogP contribution in [0.1, 0.15) is 196 Å². The van der Waals surface area contributed by atoms with Gasteiger partial charge in [0, 0.05) is 103 Å². The van der Waals surface area contributed by atoms with Crippen LogP contribution in [0.15, 0.2) is 36.5 Å². The van der Waals surface area contributed by atoms with Crippen molar-refractivity contribution in [3.05, 3.63) is 36.5 Å². The van der Waals surface area contributed by atoms with Gasteiger partial charge >= 0.3 is 35.7 Å². The first-order valence-electron chi connectivity index (χ1n) is 30.8. The number of halogens is 6. The highest BCUT2D eigenvalue weighted by atomic mass is 19.3. The van der Waals surface area contributed by atoms with Gasteiger partial charge in [-0.05, 0) is 56.4 Å². The number of hydrogen-bond donors (Lipinski definition) is 2. The van der Waals surface area contributed by atoms with E-state index in [-0.39, 0.29) is 61.1 Å². The van der Waals surface area contributed by atoms with Gasteiger partial charge in [-0.25, -0.2) is 0 Å². The number of rotatable bonds is 33. The van der Waals surface area contributed by atoms with Crippen LogP contribution >= 0.6 is 0 Å². The van der Waals surface area contributed by atoms with Crippen molar-refractivity contribution >= 4 is 41.4 Å². The first-order chi connectivity index (χ1) is 41.2. The Hall–Kier alpha value is -6.11. The summed E-state index contributed by atoms with van der Waals surface area (Å²) in [7, 11) is 4.01. The molecule has 3 amide bonds. The highest BCUT2D eigenvalue weighted by Gasteiger charge is 2.54. The van der Waals surface area contributed by atoms with E-state index in [9.17, 15) is 70.1 Å². The second kappa shape index (κ2) is 42.7. The van der Waals surface area contributed by atoms with Crippen molar-refractivity contribution in [1.82, 2.24) is 14.7 Å². The quantitative estimate of drug-likeness (QED) is 0.0120. The van der Waals surface area contributed by atoms with Crippen molar-refractivity contribution in [2.75, 3.05) is 41.0 Å². The number of aliphatic hydroxyl groups excluding tert-OH is 2. The van der Waals surface area contributed by atoms with Gasteiger partial charge in [0.1, 0.15) is 0 Å². The van der Waals surface area contributed by atoms with Crippen LogP contribution in [-0.4, -0.2) is 155 Å². The van der Waals surface area contributed by atoms with Gasteiger partial charge in [-0.15, -0.1) is 35.5 Å². The van der Waals surface area contributed by atoms with Gasteiger partial charge in [0.05, 0.1) is 51.7 Å². The zero-order chi connectivity index (χ0) is 65.6. The molecular weight excluding hydrogens is 1140 g/mol. The fourth-order valence-corrected chi connectivity index (χ4v) is 9.44. The molecule has 15 nitrogen and oxygen atoms in total. The van der Waals surface area contributed by atoms with Crippen LogP contribution in [0.25, 0.3) is 0 Å². The number of esters is 3. The predicted molar refractivity (Wildman–Crippen MR) is 320 cm³/mol. The van der Waals surface area contributed by atoms with E-state index >= 15 is 0 Å². The molecule has 3 heterocycles. The smallest absolute Gasteiger partial charge is 0.327 e. The van der Waals surface area contributed by atoms with E-state index in [1.165, 1.54) is 67.6 Å². The summed E-state index contributed by atoms with van der Waals surface area (Å²) < 4.78 is 97.2. The second-order valence-corrected chi connectivity index (χ2v) is 22.2. The number of ketones is 1. The van der Waals surface area contributed by atoms with Gasteiger partial charge in [0.25, 0.3) is 17.7 Å². The summed E-state index contributed by atoms with van der Waals surface area (Å²) in [6.07, 6.45) is 18.3. The summed E-state index contributed by atoms with van der Waals surface area (Å²) in [6, 6.07) is -2.24. The van der Waals surface area contributed by atoms with Gasteiger partial charge in [-0.2, -0.15) is 26.3 Å². The van der Waals surface area contributed by atoms with Crippen molar-refractivity contribution in [1.29, 1.82) is 0 Å². The van der Waals surface area contributed by atoms with Crippen molar-refractivity contribution in [3.8, 4) is 35.5 Å². The third-order valence-electron chi connectivity index (χ3n) is 14.9. The minimum atomic E-state index is -3.40. The Balaban J connectivity index is 0.000000652. The first-order valence-corrected chi connectivity index (χ1v) is 30.8. The van der Waals surface area contributed by atoms with Crippen LogP contribution < -0.4 is 0 Å². The monoisotopic (exact) mass is 1240 g/mol. The molecule has 2 N–H and O–H groups in total. The van der Waals surface area contributed by atoms with Gasteiger partial charge in [-0.1, -0.05) is 110 Å². The summed E-state index contributed by atoms with van der Waals surface area (Å²) in [5.41, 5.74) is 0. The number of amides is 3. The third kappa shape index (κ3) is 30.6. The molecule has 0 aliphatic carbocycles. The van der Waals surface area contributed by atoms with Crippen LogP contribution in [-0.2, 0) is 47.8 Å². The summed E-state index contributed by atoms with van der Waals surface area (Å²) in [5, 5.41) is 20.4. The van der Waals surface area contributed by atoms with E-state index in [1.807, 2.05) is 34.6 Å². The van der Waals surface area contributed by atoms with Crippen molar-refractivity contribution in [2.24, 2.45) is 17.8 Å². The molecule has 0 saturated carbocycles. The van der Waals surface area contributed by atoms with Gasteiger partial charge in [0.15, 0.2) is 5.78 Å². The SMILES string of the molecule is CCC#CC[C@H](C)C(=O)/C=C/[C@H]1CC(F)(F)C(=O)N1CCCCCCC(=O)OC.CCC#CC[C@H](C)[C@@H](O)/C=C/[C@H]1CC(F)(F)C(=O)N1CCCCCCC(=O)OC.CCC#CC[C@H](C)[C@H](O)/C=C/[C@H]1CC(F)(F)C(=O)N1CCCCCCC(=O)OC. The topological polar surface area (TPSA) is 197 Å². The van der Waals surface area contributed by atoms with E-state index < -0.39 is 85.1 Å². The summed E-state index contributed by atoms with van der Waals surface area (Å²) in [6.45, 7) is 11.9. The lowest BCUT2D eigenvalue weighted by Crippen LogP contribution is -2.36. The van der Waals surface area contributed by atoms with Crippen molar-refractivity contribution in [3.63, 3.8) is 0 Å². The van der Waals surface area contributed by atoms with Crippen LogP contribution in [0.2, 0.25) is 0 Å². The molecule has 8 atom stereocenters. The fourth-order valence-electron chi connectivity index (χ4n) is 9.44. The average molecular weight is 1240 g/mol. The molecule has 0 spiro atoms. The summed E-state index contributed by atoms with van der Waals surface area (Å²) >= 11 is 0. The van der Waals surface area contributed by atoms with Gasteiger partial charge in [-0.3, -0.25) is 33.6 Å². The Morgan fingerprint density at radius 3 is 1.07 bits per heavy atom. The van der Waals surface area contributed by atoms with Crippen molar-refractivity contribution in [2.45, 2.75) is 244 Å². The standard InChI is InChI=1S/2C22H33F2NO4.C22H31F2NO4/c3*1-4-5-8-11-17(2)19(26)14-13-18-16-22(23,24)21(28)25(18)15-10-7-6-9-12-20(27)29-3/h2*13-14,17-19,26H,4,6-7,9-12,15-16H2,1-3H3;13-14,17-18H,4,6-7,9-12,15-16H2,1-3H3/b3*14-13+/t17-,18-,19+;17-,18-,19-;17-,18-/m000/s1. The van der Waals surface area contributed by atoms with Crippen LogP contribution in [0.5, 0.6) is 0 Å². The number of ether oxygens (including phenoxy) is 3. The number of carbonyl (C=O) groups excluding carboxylic acids is 7. The molecule has 0 aromatic heterocycles. The number of nitrogens with zero attached hydrogens (tertiary/aromatic N) is 3. The van der Waals surface area contributed by atoms with Gasteiger partial charge < -0.3 is 39.1 Å². The van der Waals surface area contributed by atoms with Crippen LogP contribution in [0.3, 0.4) is 0 Å². The van der Waals surface area contributed by atoms with E-state index in [1.54, 1.807) is 6.92 Å². The normalized spacial score (nSPS) is 20.0. The number of hydrogen-bond acceptors (Lipinski definition) is 12. The number of unbranched alkanes of at least 4 members (excludes halogenated alkanes) is 9. The molecule has 0 bridgehead atoms. The molecule has 0 unspecified atom stereocenters. The molecule has 0 aromatic rings. The highest BCUT2D eigenvalue weighted by Crippen LogP contribution is 2.37.